The number of nitrogens with one attached hydrogen (secondary N) is 2. The molecule has 0 aliphatic rings. The maximum absolute atomic E-state index is 13.2. The summed E-state index contributed by atoms with van der Waals surface area (Å²) in [6.07, 6.45) is 0. The Kier molecular flexibility index (Phi) is 4.99. The monoisotopic (exact) mass is 336 g/mol. The van der Waals surface area contributed by atoms with Gasteiger partial charge in [-0.2, -0.15) is 0 Å². The summed E-state index contributed by atoms with van der Waals surface area (Å²) in [5.41, 5.74) is 1.78. The molecule has 1 aromatic heterocycles. The number of hydrogen-bond acceptors (Lipinski definition) is 4. The van der Waals surface area contributed by atoms with Crippen LogP contribution in [0.2, 0.25) is 0 Å². The Bertz CT molecular complexity index is 853. The fourth-order valence-electron chi connectivity index (χ4n) is 2.33. The molecule has 6 heteroatoms. The lowest BCUT2D eigenvalue weighted by Crippen LogP contribution is -2.27. The topological polar surface area (TPSA) is 66.9 Å². The summed E-state index contributed by atoms with van der Waals surface area (Å²) in [6, 6.07) is 18.7. The van der Waals surface area contributed by atoms with Crippen LogP contribution >= 0.6 is 0 Å². The van der Waals surface area contributed by atoms with Crippen molar-refractivity contribution in [2.75, 3.05) is 5.32 Å². The van der Waals surface area contributed by atoms with Crippen LogP contribution in [0.4, 0.5) is 15.9 Å². The molecule has 0 saturated heterocycles. The number of anilines is 2. The van der Waals surface area contributed by atoms with Crippen LogP contribution < -0.4 is 10.6 Å². The van der Waals surface area contributed by atoms with E-state index in [1.54, 1.807) is 24.3 Å². The fourth-order valence-corrected chi connectivity index (χ4v) is 2.33. The van der Waals surface area contributed by atoms with Gasteiger partial charge in [0.1, 0.15) is 5.82 Å². The van der Waals surface area contributed by atoms with Crippen molar-refractivity contribution >= 4 is 17.4 Å². The maximum atomic E-state index is 13.2. The van der Waals surface area contributed by atoms with E-state index in [9.17, 15) is 9.18 Å². The number of hydrogen-bond donors (Lipinski definition) is 2. The third-order valence-electron chi connectivity index (χ3n) is 3.64. The molecule has 25 heavy (non-hydrogen) atoms. The molecule has 1 amide bonds. The van der Waals surface area contributed by atoms with Crippen molar-refractivity contribution in [3.8, 4) is 0 Å². The number of carbonyl (C=O) groups is 1. The highest BCUT2D eigenvalue weighted by molar-refractivity contribution is 5.92. The normalized spacial score (nSPS) is 11.6. The largest absolute Gasteiger partial charge is 0.344 e. The van der Waals surface area contributed by atoms with Crippen LogP contribution in [0.1, 0.15) is 29.0 Å². The number of aromatic nitrogens is 2. The van der Waals surface area contributed by atoms with E-state index in [1.165, 1.54) is 12.1 Å². The van der Waals surface area contributed by atoms with Gasteiger partial charge in [-0.25, -0.2) is 4.39 Å². The Morgan fingerprint density at radius 3 is 2.48 bits per heavy atom. The molecule has 1 heterocycles. The standard InChI is InChI=1S/C19H17FN4O/c1-13(14-6-3-2-4-7-14)21-19(25)17-10-11-18(24-23-17)22-16-9-5-8-15(20)12-16/h2-13H,1H3,(H,21,25)(H,22,24). The second kappa shape index (κ2) is 7.53. The number of halogens is 1. The summed E-state index contributed by atoms with van der Waals surface area (Å²) in [5, 5.41) is 13.7. The predicted octanol–water partition coefficient (Wildman–Crippen LogP) is 3.85. The Hall–Kier alpha value is -3.28. The number of carbonyl (C=O) groups excluding carboxylic acids is 1. The molecule has 1 unspecified atom stereocenters. The average molecular weight is 336 g/mol. The van der Waals surface area contributed by atoms with E-state index in [1.807, 2.05) is 37.3 Å². The summed E-state index contributed by atoms with van der Waals surface area (Å²) in [6.45, 7) is 1.90. The molecule has 1 atom stereocenters. The van der Waals surface area contributed by atoms with Gasteiger partial charge in [0.15, 0.2) is 11.5 Å². The molecule has 0 fully saturated rings. The lowest BCUT2D eigenvalue weighted by atomic mass is 10.1. The zero-order valence-corrected chi connectivity index (χ0v) is 13.6. The van der Waals surface area contributed by atoms with Crippen LogP contribution in [-0.4, -0.2) is 16.1 Å². The first-order chi connectivity index (χ1) is 12.1. The highest BCUT2D eigenvalue weighted by atomic mass is 19.1. The molecule has 0 saturated carbocycles. The van der Waals surface area contributed by atoms with Gasteiger partial charge in [-0.3, -0.25) is 4.79 Å². The van der Waals surface area contributed by atoms with E-state index in [0.29, 0.717) is 11.5 Å². The Balaban J connectivity index is 1.64. The lowest BCUT2D eigenvalue weighted by molar-refractivity contribution is 0.0934. The SMILES string of the molecule is CC(NC(=O)c1ccc(Nc2cccc(F)c2)nn1)c1ccccc1. The summed E-state index contributed by atoms with van der Waals surface area (Å²) < 4.78 is 13.2. The minimum absolute atomic E-state index is 0.138. The van der Waals surface area contributed by atoms with Crippen molar-refractivity contribution in [3.63, 3.8) is 0 Å². The molecular weight excluding hydrogens is 319 g/mol. The first-order valence-corrected chi connectivity index (χ1v) is 7.84. The van der Waals surface area contributed by atoms with E-state index in [4.69, 9.17) is 0 Å². The van der Waals surface area contributed by atoms with Crippen molar-refractivity contribution in [2.45, 2.75) is 13.0 Å². The Labute approximate surface area is 144 Å². The average Bonchev–Trinajstić information content (AvgIpc) is 2.63. The molecule has 2 aromatic carbocycles. The third kappa shape index (κ3) is 4.38. The minimum atomic E-state index is -0.344. The molecule has 2 N–H and O–H groups in total. The molecule has 5 nitrogen and oxygen atoms in total. The number of rotatable bonds is 5. The van der Waals surface area contributed by atoms with Crippen molar-refractivity contribution in [1.29, 1.82) is 0 Å². The Morgan fingerprint density at radius 2 is 1.80 bits per heavy atom. The van der Waals surface area contributed by atoms with Gasteiger partial charge in [0, 0.05) is 5.69 Å². The first-order valence-electron chi connectivity index (χ1n) is 7.84. The number of amides is 1. The van der Waals surface area contributed by atoms with Crippen molar-refractivity contribution in [2.24, 2.45) is 0 Å². The van der Waals surface area contributed by atoms with Crippen molar-refractivity contribution in [3.05, 3.63) is 83.8 Å². The molecule has 0 spiro atoms. The van der Waals surface area contributed by atoms with Crippen molar-refractivity contribution in [1.82, 2.24) is 15.5 Å². The molecular formula is C19H17FN4O. The zero-order valence-electron chi connectivity index (χ0n) is 13.6. The van der Waals surface area contributed by atoms with Crippen LogP contribution in [0.3, 0.4) is 0 Å². The summed E-state index contributed by atoms with van der Waals surface area (Å²) in [4.78, 5) is 12.3. The fraction of sp³-hybridized carbons (Fsp3) is 0.105. The number of benzene rings is 2. The number of nitrogens with zero attached hydrogens (tertiary/aromatic N) is 2. The van der Waals surface area contributed by atoms with Gasteiger partial charge in [-0.1, -0.05) is 36.4 Å². The smallest absolute Gasteiger partial charge is 0.272 e. The van der Waals surface area contributed by atoms with Crippen LogP contribution in [0.25, 0.3) is 0 Å². The maximum Gasteiger partial charge on any atom is 0.272 e. The van der Waals surface area contributed by atoms with Gasteiger partial charge in [-0.05, 0) is 42.8 Å². The molecule has 3 aromatic rings. The molecule has 0 radical (unpaired) electrons. The lowest BCUT2D eigenvalue weighted by Gasteiger charge is -2.13. The first kappa shape index (κ1) is 16.6. The van der Waals surface area contributed by atoms with Gasteiger partial charge in [0.25, 0.3) is 5.91 Å². The van der Waals surface area contributed by atoms with E-state index in [-0.39, 0.29) is 23.5 Å². The molecule has 3 rings (SSSR count). The third-order valence-corrected chi connectivity index (χ3v) is 3.64. The summed E-state index contributed by atoms with van der Waals surface area (Å²) >= 11 is 0. The van der Waals surface area contributed by atoms with Gasteiger partial charge < -0.3 is 10.6 Å². The van der Waals surface area contributed by atoms with Gasteiger partial charge in [0.05, 0.1) is 6.04 Å². The van der Waals surface area contributed by atoms with Crippen molar-refractivity contribution < 1.29 is 9.18 Å². The molecule has 0 aliphatic heterocycles. The van der Waals surface area contributed by atoms with E-state index in [2.05, 4.69) is 20.8 Å². The predicted molar refractivity (Wildman–Crippen MR) is 94.0 cm³/mol. The zero-order chi connectivity index (χ0) is 17.6. The summed E-state index contributed by atoms with van der Waals surface area (Å²) in [7, 11) is 0. The van der Waals surface area contributed by atoms with Gasteiger partial charge in [0.2, 0.25) is 0 Å². The van der Waals surface area contributed by atoms with Crippen LogP contribution in [0.5, 0.6) is 0 Å². The van der Waals surface area contributed by atoms with Crippen LogP contribution in [-0.2, 0) is 0 Å². The molecule has 0 bridgehead atoms. The minimum Gasteiger partial charge on any atom is -0.344 e. The molecule has 126 valence electrons. The highest BCUT2D eigenvalue weighted by Gasteiger charge is 2.13. The van der Waals surface area contributed by atoms with Gasteiger partial charge >= 0.3 is 0 Å². The van der Waals surface area contributed by atoms with E-state index < -0.39 is 0 Å². The Morgan fingerprint density at radius 1 is 1.00 bits per heavy atom. The summed E-state index contributed by atoms with van der Waals surface area (Å²) in [5.74, 6) is -0.219. The quantitative estimate of drug-likeness (QED) is 0.743. The highest BCUT2D eigenvalue weighted by Crippen LogP contribution is 2.15. The van der Waals surface area contributed by atoms with Gasteiger partial charge in [-0.15, -0.1) is 10.2 Å². The molecule has 0 aliphatic carbocycles. The van der Waals surface area contributed by atoms with Crippen LogP contribution in [0, 0.1) is 5.82 Å². The van der Waals surface area contributed by atoms with E-state index in [0.717, 1.165) is 5.56 Å². The second-order valence-corrected chi connectivity index (χ2v) is 5.54. The van der Waals surface area contributed by atoms with Crippen LogP contribution in [0.15, 0.2) is 66.7 Å². The second-order valence-electron chi connectivity index (χ2n) is 5.54. The van der Waals surface area contributed by atoms with E-state index >= 15 is 0 Å².